The highest BCUT2D eigenvalue weighted by atomic mass is 16.5. The Morgan fingerprint density at radius 2 is 2.00 bits per heavy atom. The first-order valence-corrected chi connectivity index (χ1v) is 7.24. The number of ether oxygens (including phenoxy) is 1. The molecule has 1 fully saturated rings. The summed E-state index contributed by atoms with van der Waals surface area (Å²) in [6.07, 6.45) is 2.04. The molecule has 2 unspecified atom stereocenters. The molecule has 0 aliphatic carbocycles. The van der Waals surface area contributed by atoms with Crippen LogP contribution in [-0.2, 0) is 4.79 Å². The summed E-state index contributed by atoms with van der Waals surface area (Å²) in [5.74, 6) is 1.07. The van der Waals surface area contributed by atoms with E-state index in [1.165, 1.54) is 0 Å². The topological polar surface area (TPSA) is 55.6 Å². The number of carbonyl (C=O) groups is 1. The van der Waals surface area contributed by atoms with Crippen molar-refractivity contribution in [1.82, 2.24) is 4.90 Å². The molecular formula is C16H24N2O2. The molecule has 110 valence electrons. The van der Waals surface area contributed by atoms with Crippen LogP contribution in [0.15, 0.2) is 24.3 Å². The first-order valence-electron chi connectivity index (χ1n) is 7.24. The van der Waals surface area contributed by atoms with Crippen LogP contribution in [0.25, 0.3) is 0 Å². The molecule has 20 heavy (non-hydrogen) atoms. The van der Waals surface area contributed by atoms with Crippen LogP contribution >= 0.6 is 0 Å². The largest absolute Gasteiger partial charge is 0.497 e. The van der Waals surface area contributed by atoms with Crippen molar-refractivity contribution in [2.75, 3.05) is 13.7 Å². The van der Waals surface area contributed by atoms with Crippen LogP contribution in [0.2, 0.25) is 0 Å². The molecule has 1 aliphatic heterocycles. The van der Waals surface area contributed by atoms with Crippen LogP contribution in [0.1, 0.15) is 38.3 Å². The number of rotatable bonds is 4. The van der Waals surface area contributed by atoms with Crippen LogP contribution in [0.3, 0.4) is 0 Å². The van der Waals surface area contributed by atoms with Gasteiger partial charge >= 0.3 is 0 Å². The molecule has 0 spiro atoms. The van der Waals surface area contributed by atoms with Crippen LogP contribution in [0, 0.1) is 5.92 Å². The molecule has 0 saturated carbocycles. The fraction of sp³-hybridized carbons (Fsp3) is 0.562. The van der Waals surface area contributed by atoms with Gasteiger partial charge in [-0.3, -0.25) is 4.79 Å². The van der Waals surface area contributed by atoms with Gasteiger partial charge in [-0.25, -0.2) is 0 Å². The molecule has 4 nitrogen and oxygen atoms in total. The van der Waals surface area contributed by atoms with Gasteiger partial charge in [0.2, 0.25) is 5.91 Å². The van der Waals surface area contributed by atoms with Crippen LogP contribution < -0.4 is 10.5 Å². The third kappa shape index (κ3) is 2.96. The Morgan fingerprint density at radius 3 is 2.55 bits per heavy atom. The van der Waals surface area contributed by atoms with E-state index < -0.39 is 6.04 Å². The van der Waals surface area contributed by atoms with Gasteiger partial charge in [-0.2, -0.15) is 0 Å². The van der Waals surface area contributed by atoms with Gasteiger partial charge in [-0.15, -0.1) is 0 Å². The quantitative estimate of drug-likeness (QED) is 0.918. The summed E-state index contributed by atoms with van der Waals surface area (Å²) >= 11 is 0. The number of likely N-dealkylation sites (tertiary alicyclic amines) is 1. The van der Waals surface area contributed by atoms with Crippen LogP contribution in [-0.4, -0.2) is 30.5 Å². The number of benzene rings is 1. The lowest BCUT2D eigenvalue weighted by Crippen LogP contribution is -2.46. The summed E-state index contributed by atoms with van der Waals surface area (Å²) in [5, 5.41) is 0. The van der Waals surface area contributed by atoms with Crippen molar-refractivity contribution in [3.63, 3.8) is 0 Å². The minimum Gasteiger partial charge on any atom is -0.497 e. The third-order valence-corrected chi connectivity index (χ3v) is 4.04. The molecule has 1 aliphatic rings. The molecular weight excluding hydrogens is 252 g/mol. The lowest BCUT2D eigenvalue weighted by atomic mass is 10.0. The Labute approximate surface area is 120 Å². The predicted molar refractivity (Wildman–Crippen MR) is 79.5 cm³/mol. The summed E-state index contributed by atoms with van der Waals surface area (Å²) in [6, 6.07) is 7.70. The Bertz CT molecular complexity index is 456. The van der Waals surface area contributed by atoms with Gasteiger partial charge in [0.1, 0.15) is 5.75 Å². The zero-order valence-corrected chi connectivity index (χ0v) is 12.5. The Hall–Kier alpha value is -1.55. The highest BCUT2D eigenvalue weighted by Gasteiger charge is 2.33. The van der Waals surface area contributed by atoms with E-state index in [4.69, 9.17) is 10.5 Å². The van der Waals surface area contributed by atoms with Crippen molar-refractivity contribution in [3.05, 3.63) is 29.8 Å². The van der Waals surface area contributed by atoms with Gasteiger partial charge < -0.3 is 15.4 Å². The average molecular weight is 276 g/mol. The zero-order valence-electron chi connectivity index (χ0n) is 12.5. The van der Waals surface area contributed by atoms with E-state index in [-0.39, 0.29) is 17.9 Å². The Kier molecular flexibility index (Phi) is 4.65. The third-order valence-electron chi connectivity index (χ3n) is 4.04. The number of hydrogen-bond donors (Lipinski definition) is 1. The monoisotopic (exact) mass is 276 g/mol. The maximum atomic E-state index is 12.5. The average Bonchev–Trinajstić information content (AvgIpc) is 2.95. The second-order valence-corrected chi connectivity index (χ2v) is 5.73. The fourth-order valence-corrected chi connectivity index (χ4v) is 2.68. The van der Waals surface area contributed by atoms with Crippen molar-refractivity contribution < 1.29 is 9.53 Å². The van der Waals surface area contributed by atoms with E-state index in [1.54, 1.807) is 7.11 Å². The number of nitrogens with zero attached hydrogens (tertiary/aromatic N) is 1. The van der Waals surface area contributed by atoms with E-state index in [2.05, 4.69) is 0 Å². The van der Waals surface area contributed by atoms with Gasteiger partial charge in [-0.1, -0.05) is 26.0 Å². The van der Waals surface area contributed by atoms with E-state index >= 15 is 0 Å². The molecule has 1 amide bonds. The van der Waals surface area contributed by atoms with Crippen molar-refractivity contribution in [1.29, 1.82) is 0 Å². The lowest BCUT2D eigenvalue weighted by molar-refractivity contribution is -0.134. The minimum absolute atomic E-state index is 0.0679. The Balaban J connectivity index is 2.15. The highest BCUT2D eigenvalue weighted by Crippen LogP contribution is 2.33. The van der Waals surface area contributed by atoms with Crippen molar-refractivity contribution in [2.45, 2.75) is 38.8 Å². The number of nitrogens with two attached hydrogens (primary N) is 1. The molecule has 4 heteroatoms. The van der Waals surface area contributed by atoms with E-state index in [0.29, 0.717) is 0 Å². The Morgan fingerprint density at radius 1 is 1.35 bits per heavy atom. The molecule has 1 aromatic rings. The molecule has 0 aromatic heterocycles. The standard InChI is InChI=1S/C16H24N2O2/c1-11(2)15(17)16(19)18-10-4-5-14(18)12-6-8-13(20-3)9-7-12/h6-9,11,14-15H,4-5,10,17H2,1-3H3. The maximum absolute atomic E-state index is 12.5. The number of hydrogen-bond acceptors (Lipinski definition) is 3. The molecule has 1 aromatic carbocycles. The van der Waals surface area contributed by atoms with Gasteiger partial charge in [0, 0.05) is 6.54 Å². The van der Waals surface area contributed by atoms with Gasteiger partial charge in [0.05, 0.1) is 19.2 Å². The van der Waals surface area contributed by atoms with Crippen molar-refractivity contribution in [3.8, 4) is 5.75 Å². The summed E-state index contributed by atoms with van der Waals surface area (Å²) < 4.78 is 5.18. The van der Waals surface area contributed by atoms with Crippen molar-refractivity contribution in [2.24, 2.45) is 11.7 Å². The fourth-order valence-electron chi connectivity index (χ4n) is 2.68. The smallest absolute Gasteiger partial charge is 0.240 e. The van der Waals surface area contributed by atoms with E-state index in [0.717, 1.165) is 30.7 Å². The second-order valence-electron chi connectivity index (χ2n) is 5.73. The van der Waals surface area contributed by atoms with E-state index in [1.807, 2.05) is 43.0 Å². The zero-order chi connectivity index (χ0) is 14.7. The molecule has 1 heterocycles. The highest BCUT2D eigenvalue weighted by molar-refractivity contribution is 5.82. The summed E-state index contributed by atoms with van der Waals surface area (Å²) in [4.78, 5) is 14.4. The first kappa shape index (κ1) is 14.9. The molecule has 2 N–H and O–H groups in total. The van der Waals surface area contributed by atoms with Gasteiger partial charge in [0.25, 0.3) is 0 Å². The van der Waals surface area contributed by atoms with Crippen LogP contribution in [0.5, 0.6) is 5.75 Å². The predicted octanol–water partition coefficient (Wildman–Crippen LogP) is 2.34. The normalized spacial score (nSPS) is 20.2. The van der Waals surface area contributed by atoms with Gasteiger partial charge in [-0.05, 0) is 36.5 Å². The number of amides is 1. The first-order chi connectivity index (χ1) is 9.54. The van der Waals surface area contributed by atoms with Crippen LogP contribution in [0.4, 0.5) is 0 Å². The summed E-state index contributed by atoms with van der Waals surface area (Å²) in [6.45, 7) is 4.78. The number of carbonyl (C=O) groups excluding carboxylic acids is 1. The van der Waals surface area contributed by atoms with Crippen molar-refractivity contribution >= 4 is 5.91 Å². The molecule has 2 atom stereocenters. The minimum atomic E-state index is -0.408. The summed E-state index contributed by atoms with van der Waals surface area (Å²) in [5.41, 5.74) is 7.17. The second kappa shape index (κ2) is 6.27. The molecule has 0 radical (unpaired) electrons. The van der Waals surface area contributed by atoms with Gasteiger partial charge in [0.15, 0.2) is 0 Å². The summed E-state index contributed by atoms with van der Waals surface area (Å²) in [7, 11) is 1.65. The molecule has 1 saturated heterocycles. The maximum Gasteiger partial charge on any atom is 0.240 e. The number of methoxy groups -OCH3 is 1. The molecule has 0 bridgehead atoms. The SMILES string of the molecule is COc1ccc(C2CCCN2C(=O)C(N)C(C)C)cc1. The molecule has 2 rings (SSSR count). The lowest BCUT2D eigenvalue weighted by Gasteiger charge is -2.29. The van der Waals surface area contributed by atoms with E-state index in [9.17, 15) is 4.79 Å².